The van der Waals surface area contributed by atoms with Crippen molar-refractivity contribution >= 4 is 34.1 Å². The molecule has 1 aromatic heterocycles. The largest absolute Gasteiger partial charge is 0.326 e. The predicted molar refractivity (Wildman–Crippen MR) is 104 cm³/mol. The molecule has 5 heteroatoms. The summed E-state index contributed by atoms with van der Waals surface area (Å²) in [4.78, 5) is 28.7. The molecular formula is C21H21N3O2. The van der Waals surface area contributed by atoms with Crippen LogP contribution in [0.1, 0.15) is 30.6 Å². The summed E-state index contributed by atoms with van der Waals surface area (Å²) in [6.07, 6.45) is 2.15. The van der Waals surface area contributed by atoms with Gasteiger partial charge >= 0.3 is 0 Å². The second kappa shape index (κ2) is 7.78. The van der Waals surface area contributed by atoms with Crippen molar-refractivity contribution < 1.29 is 9.59 Å². The van der Waals surface area contributed by atoms with Crippen LogP contribution in [0.5, 0.6) is 0 Å². The van der Waals surface area contributed by atoms with Crippen LogP contribution < -0.4 is 10.6 Å². The molecule has 3 rings (SSSR count). The van der Waals surface area contributed by atoms with Gasteiger partial charge in [-0.15, -0.1) is 0 Å². The number of fused-ring (bicyclic) bond motifs is 1. The summed E-state index contributed by atoms with van der Waals surface area (Å²) in [5, 5.41) is 6.64. The highest BCUT2D eigenvalue weighted by Crippen LogP contribution is 2.19. The molecule has 132 valence electrons. The van der Waals surface area contributed by atoms with E-state index in [0.717, 1.165) is 5.39 Å². The van der Waals surface area contributed by atoms with Gasteiger partial charge in [-0.25, -0.2) is 0 Å². The van der Waals surface area contributed by atoms with Crippen molar-refractivity contribution in [3.8, 4) is 0 Å². The Hall–Kier alpha value is -3.21. The Kier molecular flexibility index (Phi) is 5.27. The minimum Gasteiger partial charge on any atom is -0.326 e. The normalized spacial score (nSPS) is 10.7. The van der Waals surface area contributed by atoms with Crippen LogP contribution in [-0.4, -0.2) is 16.8 Å². The fourth-order valence-electron chi connectivity index (χ4n) is 2.71. The van der Waals surface area contributed by atoms with Crippen molar-refractivity contribution in [1.82, 2.24) is 4.98 Å². The van der Waals surface area contributed by atoms with Crippen LogP contribution in [0.4, 0.5) is 11.4 Å². The summed E-state index contributed by atoms with van der Waals surface area (Å²) >= 11 is 0. The maximum absolute atomic E-state index is 12.6. The van der Waals surface area contributed by atoms with Gasteiger partial charge in [0.05, 0.1) is 11.1 Å². The van der Waals surface area contributed by atoms with Crippen LogP contribution in [0.25, 0.3) is 10.9 Å². The Morgan fingerprint density at radius 1 is 0.923 bits per heavy atom. The molecule has 0 spiro atoms. The zero-order chi connectivity index (χ0) is 18.5. The third-order valence-electron chi connectivity index (χ3n) is 3.90. The van der Waals surface area contributed by atoms with Gasteiger partial charge in [0.15, 0.2) is 0 Å². The monoisotopic (exact) mass is 347 g/mol. The Morgan fingerprint density at radius 2 is 1.58 bits per heavy atom. The maximum atomic E-state index is 12.6. The first kappa shape index (κ1) is 17.6. The first-order valence-corrected chi connectivity index (χ1v) is 8.58. The molecule has 2 amide bonds. The highest BCUT2D eigenvalue weighted by molar-refractivity contribution is 6.11. The Labute approximate surface area is 152 Å². The van der Waals surface area contributed by atoms with E-state index in [-0.39, 0.29) is 11.8 Å². The number of carbonyl (C=O) groups is 2. The third-order valence-corrected chi connectivity index (χ3v) is 3.90. The topological polar surface area (TPSA) is 71.1 Å². The molecule has 0 bridgehead atoms. The SMILES string of the molecule is CC(C)CC(=O)Nc1ccc(NC(=O)c2cccc3cccnc23)cc1. The van der Waals surface area contributed by atoms with E-state index >= 15 is 0 Å². The lowest BCUT2D eigenvalue weighted by molar-refractivity contribution is -0.116. The summed E-state index contributed by atoms with van der Waals surface area (Å²) in [5.74, 6) is 0.0763. The van der Waals surface area contributed by atoms with Crippen molar-refractivity contribution in [2.45, 2.75) is 20.3 Å². The number of amides is 2. The van der Waals surface area contributed by atoms with Gasteiger partial charge in [-0.05, 0) is 42.3 Å². The van der Waals surface area contributed by atoms with Gasteiger partial charge in [0.1, 0.15) is 0 Å². The number of hydrogen-bond acceptors (Lipinski definition) is 3. The molecule has 0 saturated carbocycles. The standard InChI is InChI=1S/C21H21N3O2/c1-14(2)13-19(25)23-16-8-10-17(11-9-16)24-21(26)18-7-3-5-15-6-4-12-22-20(15)18/h3-12,14H,13H2,1-2H3,(H,23,25)(H,24,26). The lowest BCUT2D eigenvalue weighted by Gasteiger charge is -2.10. The summed E-state index contributed by atoms with van der Waals surface area (Å²) < 4.78 is 0. The van der Waals surface area contributed by atoms with E-state index in [1.54, 1.807) is 36.5 Å². The number of carbonyl (C=O) groups excluding carboxylic acids is 2. The Morgan fingerprint density at radius 3 is 2.27 bits per heavy atom. The molecule has 3 aromatic rings. The molecule has 0 unspecified atom stereocenters. The van der Waals surface area contributed by atoms with Crippen LogP contribution in [-0.2, 0) is 4.79 Å². The molecule has 2 N–H and O–H groups in total. The quantitative estimate of drug-likeness (QED) is 0.715. The lowest BCUT2D eigenvalue weighted by atomic mass is 10.1. The van der Waals surface area contributed by atoms with Gasteiger partial charge in [0.25, 0.3) is 5.91 Å². The highest BCUT2D eigenvalue weighted by Gasteiger charge is 2.11. The van der Waals surface area contributed by atoms with Crippen molar-refractivity contribution in [3.63, 3.8) is 0 Å². The number of aromatic nitrogens is 1. The lowest BCUT2D eigenvalue weighted by Crippen LogP contribution is -2.14. The molecular weight excluding hydrogens is 326 g/mol. The molecule has 0 aliphatic carbocycles. The van der Waals surface area contributed by atoms with E-state index in [0.29, 0.717) is 34.8 Å². The predicted octanol–water partition coefficient (Wildman–Crippen LogP) is 4.47. The number of anilines is 2. The number of rotatable bonds is 5. The summed E-state index contributed by atoms with van der Waals surface area (Å²) in [5.41, 5.74) is 2.56. The molecule has 0 fully saturated rings. The number of nitrogens with zero attached hydrogens (tertiary/aromatic N) is 1. The average molecular weight is 347 g/mol. The van der Waals surface area contributed by atoms with Gasteiger partial charge in [-0.2, -0.15) is 0 Å². The fraction of sp³-hybridized carbons (Fsp3) is 0.190. The average Bonchev–Trinajstić information content (AvgIpc) is 2.62. The first-order chi connectivity index (χ1) is 12.5. The molecule has 26 heavy (non-hydrogen) atoms. The summed E-state index contributed by atoms with van der Waals surface area (Å²) in [7, 11) is 0. The Bertz CT molecular complexity index is 928. The molecule has 0 aliphatic rings. The smallest absolute Gasteiger partial charge is 0.257 e. The number of nitrogens with one attached hydrogen (secondary N) is 2. The molecule has 1 heterocycles. The second-order valence-corrected chi connectivity index (χ2v) is 6.56. The van der Waals surface area contributed by atoms with Gasteiger partial charge in [0.2, 0.25) is 5.91 Å². The number of pyridine rings is 1. The molecule has 5 nitrogen and oxygen atoms in total. The number of para-hydroxylation sites is 1. The first-order valence-electron chi connectivity index (χ1n) is 8.58. The van der Waals surface area contributed by atoms with Gasteiger partial charge < -0.3 is 10.6 Å². The fourth-order valence-corrected chi connectivity index (χ4v) is 2.71. The zero-order valence-electron chi connectivity index (χ0n) is 14.8. The van der Waals surface area contributed by atoms with Crippen LogP contribution in [0.15, 0.2) is 60.8 Å². The summed E-state index contributed by atoms with van der Waals surface area (Å²) in [6.45, 7) is 4.00. The zero-order valence-corrected chi connectivity index (χ0v) is 14.8. The van der Waals surface area contributed by atoms with E-state index in [1.807, 2.05) is 38.1 Å². The molecule has 0 aliphatic heterocycles. The van der Waals surface area contributed by atoms with Crippen LogP contribution >= 0.6 is 0 Å². The molecule has 0 atom stereocenters. The van der Waals surface area contributed by atoms with Crippen molar-refractivity contribution in [2.75, 3.05) is 10.6 Å². The van der Waals surface area contributed by atoms with E-state index < -0.39 is 0 Å². The number of hydrogen-bond donors (Lipinski definition) is 2. The van der Waals surface area contributed by atoms with E-state index in [9.17, 15) is 9.59 Å². The van der Waals surface area contributed by atoms with Gasteiger partial charge in [-0.3, -0.25) is 14.6 Å². The minimum atomic E-state index is -0.217. The number of benzene rings is 2. The van der Waals surface area contributed by atoms with Crippen LogP contribution in [0.2, 0.25) is 0 Å². The van der Waals surface area contributed by atoms with E-state index in [2.05, 4.69) is 15.6 Å². The van der Waals surface area contributed by atoms with Gasteiger partial charge in [-0.1, -0.05) is 32.0 Å². The second-order valence-electron chi connectivity index (χ2n) is 6.56. The highest BCUT2D eigenvalue weighted by atomic mass is 16.2. The van der Waals surface area contributed by atoms with Crippen molar-refractivity contribution in [2.24, 2.45) is 5.92 Å². The molecule has 0 radical (unpaired) electrons. The van der Waals surface area contributed by atoms with Gasteiger partial charge in [0, 0.05) is 29.4 Å². The Balaban J connectivity index is 1.70. The minimum absolute atomic E-state index is 0.0152. The van der Waals surface area contributed by atoms with Crippen molar-refractivity contribution in [3.05, 3.63) is 66.4 Å². The third kappa shape index (κ3) is 4.25. The van der Waals surface area contributed by atoms with Crippen LogP contribution in [0, 0.1) is 5.92 Å². The summed E-state index contributed by atoms with van der Waals surface area (Å²) in [6, 6.07) is 16.4. The van der Waals surface area contributed by atoms with Crippen LogP contribution in [0.3, 0.4) is 0 Å². The molecule has 0 saturated heterocycles. The van der Waals surface area contributed by atoms with E-state index in [4.69, 9.17) is 0 Å². The molecule has 2 aromatic carbocycles. The van der Waals surface area contributed by atoms with E-state index in [1.165, 1.54) is 0 Å². The maximum Gasteiger partial charge on any atom is 0.257 e. The van der Waals surface area contributed by atoms with Crippen molar-refractivity contribution in [1.29, 1.82) is 0 Å².